The third-order valence-electron chi connectivity index (χ3n) is 12.9. The van der Waals surface area contributed by atoms with Crippen molar-refractivity contribution in [2.24, 2.45) is 15.9 Å². The van der Waals surface area contributed by atoms with E-state index in [0.717, 1.165) is 71.0 Å². The van der Waals surface area contributed by atoms with E-state index in [9.17, 15) is 9.59 Å². The monoisotopic (exact) mass is 815 g/mol. The zero-order valence-corrected chi connectivity index (χ0v) is 34.8. The molecule has 61 heavy (non-hydrogen) atoms. The van der Waals surface area contributed by atoms with Crippen LogP contribution in [0.4, 0.5) is 28.4 Å². The Morgan fingerprint density at radius 1 is 0.656 bits per heavy atom. The van der Waals surface area contributed by atoms with Crippen LogP contribution in [0.2, 0.25) is 0 Å². The molecule has 0 spiro atoms. The lowest BCUT2D eigenvalue weighted by Crippen LogP contribution is -2.37. The molecule has 0 radical (unpaired) electrons. The van der Waals surface area contributed by atoms with E-state index in [0.29, 0.717) is 45.5 Å². The lowest BCUT2D eigenvalue weighted by atomic mass is 9.82. The molecule has 0 saturated heterocycles. The average Bonchev–Trinajstić information content (AvgIpc) is 3.76. The SMILES string of the molecule is COc1cc2c(cc1OCc1cc(COc3cc4c(cc3OC)C(=O)N3c5ccccc5C[C@H]3C=N4)cc(N(C)CCCC3CCC3)c1)N=C[C@@H]1Cc3ccccc3N1C2=O. The molecule has 2 atom stereocenters. The van der Waals surface area contributed by atoms with Crippen molar-refractivity contribution in [1.29, 1.82) is 0 Å². The molecular weight excluding hydrogens is 767 g/mol. The number of benzene rings is 5. The average molecular weight is 816 g/mol. The van der Waals surface area contributed by atoms with Gasteiger partial charge in [-0.15, -0.1) is 0 Å². The molecule has 0 bridgehead atoms. The van der Waals surface area contributed by atoms with Gasteiger partial charge in [-0.3, -0.25) is 29.4 Å². The normalized spacial score (nSPS) is 18.2. The Hall–Kier alpha value is -6.62. The predicted molar refractivity (Wildman–Crippen MR) is 239 cm³/mol. The highest BCUT2D eigenvalue weighted by Crippen LogP contribution is 2.43. The van der Waals surface area contributed by atoms with Crippen LogP contribution < -0.4 is 33.6 Å². The van der Waals surface area contributed by atoms with Crippen molar-refractivity contribution in [1.82, 2.24) is 0 Å². The van der Waals surface area contributed by atoms with Gasteiger partial charge in [0.2, 0.25) is 0 Å². The van der Waals surface area contributed by atoms with E-state index in [1.807, 2.05) is 58.6 Å². The van der Waals surface area contributed by atoms with Crippen LogP contribution in [-0.2, 0) is 26.1 Å². The molecule has 1 fully saturated rings. The number of rotatable bonds is 13. The Bertz CT molecular complexity index is 2440. The summed E-state index contributed by atoms with van der Waals surface area (Å²) >= 11 is 0. The van der Waals surface area contributed by atoms with Crippen molar-refractivity contribution in [3.63, 3.8) is 0 Å². The van der Waals surface area contributed by atoms with Gasteiger partial charge in [-0.1, -0.05) is 55.7 Å². The maximum absolute atomic E-state index is 14.0. The first-order valence-corrected chi connectivity index (χ1v) is 21.3. The van der Waals surface area contributed by atoms with Crippen molar-refractivity contribution in [3.8, 4) is 23.0 Å². The van der Waals surface area contributed by atoms with Crippen molar-refractivity contribution in [3.05, 3.63) is 124 Å². The van der Waals surface area contributed by atoms with E-state index in [4.69, 9.17) is 28.9 Å². The van der Waals surface area contributed by atoms with Gasteiger partial charge in [0, 0.05) is 68.1 Å². The highest BCUT2D eigenvalue weighted by molar-refractivity contribution is 6.15. The summed E-state index contributed by atoms with van der Waals surface area (Å²) in [7, 11) is 5.30. The van der Waals surface area contributed by atoms with Crippen LogP contribution in [0.15, 0.2) is 101 Å². The van der Waals surface area contributed by atoms with Crippen molar-refractivity contribution in [2.45, 2.75) is 70.2 Å². The van der Waals surface area contributed by atoms with Crippen LogP contribution in [-0.4, -0.2) is 64.1 Å². The van der Waals surface area contributed by atoms with E-state index < -0.39 is 0 Å². The number of ether oxygens (including phenoxy) is 4. The van der Waals surface area contributed by atoms with Crippen molar-refractivity contribution in [2.75, 3.05) is 42.5 Å². The molecular formula is C50H49N5O6. The number of amides is 2. The minimum Gasteiger partial charge on any atom is -0.493 e. The molecule has 5 aromatic rings. The standard InChI is InChI=1S/C50H49N5O6/c1-53(17-9-12-31-10-8-11-31)36-19-32(29-60-47-25-41-39(23-45(47)58-2)49(56)54-37(27-51-41)21-34-13-4-6-15-43(34)54)18-33(20-36)30-61-48-26-42-40(24-46(48)59-3)50(57)55-38(28-52-42)22-35-14-5-7-16-44(35)55/h4-7,13-16,18-20,23-28,31,37-38H,8-12,17,21-22,29-30H2,1-3H3/t37-,38-/m0/s1. The molecule has 5 aromatic carbocycles. The highest BCUT2D eigenvalue weighted by Gasteiger charge is 2.38. The number of anilines is 3. The Kier molecular flexibility index (Phi) is 10.2. The molecule has 1 saturated carbocycles. The Morgan fingerprint density at radius 3 is 1.64 bits per heavy atom. The Balaban J connectivity index is 0.905. The summed E-state index contributed by atoms with van der Waals surface area (Å²) in [6, 6.07) is 29.2. The van der Waals surface area contributed by atoms with Gasteiger partial charge in [0.1, 0.15) is 13.2 Å². The molecule has 5 aliphatic rings. The predicted octanol–water partition coefficient (Wildman–Crippen LogP) is 9.45. The van der Waals surface area contributed by atoms with Crippen molar-refractivity contribution >= 4 is 52.7 Å². The minimum atomic E-state index is -0.154. The maximum Gasteiger partial charge on any atom is 0.261 e. The third kappa shape index (κ3) is 7.25. The molecule has 2 amide bonds. The van der Waals surface area contributed by atoms with Gasteiger partial charge in [0.05, 0.1) is 48.8 Å². The van der Waals surface area contributed by atoms with Gasteiger partial charge in [-0.25, -0.2) is 0 Å². The molecule has 1 aliphatic carbocycles. The lowest BCUT2D eigenvalue weighted by molar-refractivity contribution is 0.0978. The van der Waals surface area contributed by atoms with E-state index in [1.54, 1.807) is 38.5 Å². The molecule has 4 aliphatic heterocycles. The Labute approximate surface area is 356 Å². The van der Waals surface area contributed by atoms with E-state index in [2.05, 4.69) is 42.3 Å². The highest BCUT2D eigenvalue weighted by atomic mass is 16.5. The molecule has 310 valence electrons. The summed E-state index contributed by atoms with van der Waals surface area (Å²) in [6.45, 7) is 1.42. The fourth-order valence-electron chi connectivity index (χ4n) is 9.36. The molecule has 0 unspecified atom stereocenters. The molecule has 0 N–H and O–H groups in total. The fraction of sp³-hybridized carbons (Fsp3) is 0.320. The van der Waals surface area contributed by atoms with E-state index in [1.165, 1.54) is 25.7 Å². The van der Waals surface area contributed by atoms with Gasteiger partial charge >= 0.3 is 0 Å². The van der Waals surface area contributed by atoms with Gasteiger partial charge in [-0.2, -0.15) is 0 Å². The van der Waals surface area contributed by atoms with Crippen LogP contribution in [0.25, 0.3) is 0 Å². The molecule has 11 nitrogen and oxygen atoms in total. The van der Waals surface area contributed by atoms with Gasteiger partial charge < -0.3 is 23.8 Å². The maximum atomic E-state index is 14.0. The van der Waals surface area contributed by atoms with Gasteiger partial charge in [0.15, 0.2) is 23.0 Å². The number of hydrogen-bond donors (Lipinski definition) is 0. The van der Waals surface area contributed by atoms with Crippen LogP contribution in [0, 0.1) is 5.92 Å². The van der Waals surface area contributed by atoms with E-state index in [-0.39, 0.29) is 37.1 Å². The second kappa shape index (κ2) is 16.1. The van der Waals surface area contributed by atoms with Gasteiger partial charge in [-0.05, 0) is 83.5 Å². The second-order valence-corrected chi connectivity index (χ2v) is 16.7. The summed E-state index contributed by atoms with van der Waals surface area (Å²) in [5.74, 6) is 2.55. The summed E-state index contributed by atoms with van der Waals surface area (Å²) < 4.78 is 24.6. The first kappa shape index (κ1) is 38.6. The number of nitrogens with zero attached hydrogens (tertiary/aromatic N) is 5. The molecule has 4 heterocycles. The summed E-state index contributed by atoms with van der Waals surface area (Å²) in [4.78, 5) is 43.6. The first-order chi connectivity index (χ1) is 29.8. The first-order valence-electron chi connectivity index (χ1n) is 21.3. The summed E-state index contributed by atoms with van der Waals surface area (Å²) in [5, 5.41) is 0. The van der Waals surface area contributed by atoms with Gasteiger partial charge in [0.25, 0.3) is 11.8 Å². The fourth-order valence-corrected chi connectivity index (χ4v) is 9.36. The van der Waals surface area contributed by atoms with Crippen molar-refractivity contribution < 1.29 is 28.5 Å². The number of aliphatic imine (C=N–C) groups is 2. The molecule has 0 aromatic heterocycles. The molecule has 10 rings (SSSR count). The topological polar surface area (TPSA) is 106 Å². The lowest BCUT2D eigenvalue weighted by Gasteiger charge is -2.27. The number of para-hydroxylation sites is 2. The second-order valence-electron chi connectivity index (χ2n) is 16.7. The number of hydrogen-bond acceptors (Lipinski definition) is 9. The molecule has 11 heteroatoms. The largest absolute Gasteiger partial charge is 0.493 e. The van der Waals surface area contributed by atoms with E-state index >= 15 is 0 Å². The van der Waals surface area contributed by atoms with Crippen LogP contribution >= 0.6 is 0 Å². The Morgan fingerprint density at radius 2 is 1.16 bits per heavy atom. The third-order valence-corrected chi connectivity index (χ3v) is 12.9. The van der Waals surface area contributed by atoms with Crippen LogP contribution in [0.5, 0.6) is 23.0 Å². The number of carbonyl (C=O) groups excluding carboxylic acids is 2. The quantitative estimate of drug-likeness (QED) is 0.117. The van der Waals surface area contributed by atoms with Crippen LogP contribution in [0.1, 0.15) is 75.1 Å². The smallest absolute Gasteiger partial charge is 0.261 e. The summed E-state index contributed by atoms with van der Waals surface area (Å²) in [6.07, 6.45) is 11.6. The van der Waals surface area contributed by atoms with Crippen LogP contribution in [0.3, 0.4) is 0 Å². The number of carbonyl (C=O) groups is 2. The summed E-state index contributed by atoms with van der Waals surface area (Å²) in [5.41, 5.74) is 9.09. The number of fused-ring (bicyclic) bond motifs is 8. The number of methoxy groups -OCH3 is 2. The minimum absolute atomic E-state index is 0.111. The zero-order valence-electron chi connectivity index (χ0n) is 34.8. The zero-order chi connectivity index (χ0) is 41.6.